The van der Waals surface area contributed by atoms with E-state index in [1.807, 2.05) is 60.7 Å². The van der Waals surface area contributed by atoms with Crippen LogP contribution in [0.5, 0.6) is 17.2 Å². The molecule has 6 nitrogen and oxygen atoms in total. The van der Waals surface area contributed by atoms with Gasteiger partial charge in [-0.05, 0) is 54.1 Å². The van der Waals surface area contributed by atoms with Gasteiger partial charge in [-0.25, -0.2) is 4.79 Å². The number of esters is 1. The van der Waals surface area contributed by atoms with Gasteiger partial charge in [-0.15, -0.1) is 0 Å². The predicted molar refractivity (Wildman–Crippen MR) is 123 cm³/mol. The summed E-state index contributed by atoms with van der Waals surface area (Å²) in [5.41, 5.74) is 3.07. The van der Waals surface area contributed by atoms with E-state index in [2.05, 4.69) is 22.3 Å². The van der Waals surface area contributed by atoms with Gasteiger partial charge in [-0.3, -0.25) is 0 Å². The zero-order chi connectivity index (χ0) is 22.3. The van der Waals surface area contributed by atoms with E-state index in [0.717, 1.165) is 41.4 Å². The number of rotatable bonds is 8. The van der Waals surface area contributed by atoms with Crippen LogP contribution in [0.2, 0.25) is 0 Å². The minimum Gasteiger partial charge on any atom is -0.492 e. The minimum absolute atomic E-state index is 0.0590. The molecule has 0 atom stereocenters. The quantitative estimate of drug-likeness (QED) is 0.293. The number of nitrogens with zero attached hydrogens (tertiary/aromatic N) is 1. The van der Waals surface area contributed by atoms with Gasteiger partial charge in [0.1, 0.15) is 30.5 Å². The standard InChI is InChI=1S/C26H25NO5/c1-19(26(28)29-2)32-23-7-5-6-21(18-23)20-10-12-22(13-11-20)30-16-14-27-15-17-31-25-9-4-3-8-24(25)27/h3-13,18H,1,14-17H2,2H3. The van der Waals surface area contributed by atoms with Crippen LogP contribution in [0.15, 0.2) is 85.1 Å². The molecule has 32 heavy (non-hydrogen) atoms. The Bertz CT molecular complexity index is 1090. The van der Waals surface area contributed by atoms with Crippen molar-refractivity contribution < 1.29 is 23.7 Å². The summed E-state index contributed by atoms with van der Waals surface area (Å²) >= 11 is 0. The molecule has 3 aromatic rings. The van der Waals surface area contributed by atoms with Gasteiger partial charge in [-0.2, -0.15) is 0 Å². The van der Waals surface area contributed by atoms with Gasteiger partial charge in [-0.1, -0.05) is 36.4 Å². The Kier molecular flexibility index (Phi) is 6.60. The summed E-state index contributed by atoms with van der Waals surface area (Å²) < 4.78 is 21.8. The molecule has 0 saturated carbocycles. The van der Waals surface area contributed by atoms with Gasteiger partial charge in [0.2, 0.25) is 5.76 Å². The number of hydrogen-bond donors (Lipinski definition) is 0. The molecule has 6 heteroatoms. The summed E-state index contributed by atoms with van der Waals surface area (Å²) in [5.74, 6) is 1.59. The van der Waals surface area contributed by atoms with Gasteiger partial charge >= 0.3 is 5.97 Å². The summed E-state index contributed by atoms with van der Waals surface area (Å²) in [6.07, 6.45) is 0. The number of anilines is 1. The lowest BCUT2D eigenvalue weighted by Gasteiger charge is -2.31. The maximum absolute atomic E-state index is 11.5. The van der Waals surface area contributed by atoms with Crippen LogP contribution in [0, 0.1) is 0 Å². The van der Waals surface area contributed by atoms with Crippen molar-refractivity contribution >= 4 is 11.7 Å². The summed E-state index contributed by atoms with van der Waals surface area (Å²) in [5, 5.41) is 0. The SMILES string of the molecule is C=C(Oc1cccc(-c2ccc(OCCN3CCOc4ccccc43)cc2)c1)C(=O)OC. The molecule has 0 aromatic heterocycles. The highest BCUT2D eigenvalue weighted by atomic mass is 16.6. The smallest absolute Gasteiger partial charge is 0.373 e. The van der Waals surface area contributed by atoms with Crippen LogP contribution < -0.4 is 19.1 Å². The lowest BCUT2D eigenvalue weighted by Crippen LogP contribution is -2.35. The number of fused-ring (bicyclic) bond motifs is 1. The van der Waals surface area contributed by atoms with Crippen molar-refractivity contribution in [2.45, 2.75) is 0 Å². The number of hydrogen-bond acceptors (Lipinski definition) is 6. The van der Waals surface area contributed by atoms with Gasteiger partial charge in [0.05, 0.1) is 25.9 Å². The van der Waals surface area contributed by atoms with Crippen molar-refractivity contribution in [3.05, 3.63) is 85.1 Å². The predicted octanol–water partition coefficient (Wildman–Crippen LogP) is 4.70. The number of methoxy groups -OCH3 is 1. The monoisotopic (exact) mass is 431 g/mol. The van der Waals surface area contributed by atoms with E-state index >= 15 is 0 Å². The zero-order valence-corrected chi connectivity index (χ0v) is 18.0. The fraction of sp³-hybridized carbons (Fsp3) is 0.192. The zero-order valence-electron chi connectivity index (χ0n) is 18.0. The number of carbonyl (C=O) groups excluding carboxylic acids is 1. The average molecular weight is 431 g/mol. The van der Waals surface area contributed by atoms with Crippen molar-refractivity contribution in [3.63, 3.8) is 0 Å². The van der Waals surface area contributed by atoms with Crippen LogP contribution >= 0.6 is 0 Å². The van der Waals surface area contributed by atoms with Crippen LogP contribution in [-0.4, -0.2) is 39.4 Å². The molecular weight excluding hydrogens is 406 g/mol. The third-order valence-electron chi connectivity index (χ3n) is 5.13. The van der Waals surface area contributed by atoms with Crippen molar-refractivity contribution in [3.8, 4) is 28.4 Å². The first-order chi connectivity index (χ1) is 15.6. The van der Waals surface area contributed by atoms with E-state index in [1.54, 1.807) is 6.07 Å². The molecule has 4 rings (SSSR count). The Balaban J connectivity index is 1.34. The van der Waals surface area contributed by atoms with Crippen LogP contribution in [-0.2, 0) is 9.53 Å². The van der Waals surface area contributed by atoms with Crippen LogP contribution in [0.25, 0.3) is 11.1 Å². The molecule has 164 valence electrons. The summed E-state index contributed by atoms with van der Waals surface area (Å²) in [6, 6.07) is 23.4. The number of carbonyl (C=O) groups is 1. The first-order valence-electron chi connectivity index (χ1n) is 10.4. The lowest BCUT2D eigenvalue weighted by atomic mass is 10.1. The minimum atomic E-state index is -0.600. The number of benzene rings is 3. The second kappa shape index (κ2) is 9.92. The van der Waals surface area contributed by atoms with Gasteiger partial charge < -0.3 is 23.8 Å². The Morgan fingerprint density at radius 3 is 2.62 bits per heavy atom. The highest BCUT2D eigenvalue weighted by Crippen LogP contribution is 2.31. The molecule has 1 aliphatic rings. The molecule has 0 unspecified atom stereocenters. The Morgan fingerprint density at radius 2 is 1.81 bits per heavy atom. The Labute approximate surface area is 187 Å². The fourth-order valence-electron chi connectivity index (χ4n) is 3.51. The first-order valence-corrected chi connectivity index (χ1v) is 10.4. The van der Waals surface area contributed by atoms with E-state index in [4.69, 9.17) is 14.2 Å². The maximum Gasteiger partial charge on any atom is 0.373 e. The van der Waals surface area contributed by atoms with E-state index in [1.165, 1.54) is 7.11 Å². The molecular formula is C26H25NO5. The average Bonchev–Trinajstić information content (AvgIpc) is 2.84. The molecule has 0 fully saturated rings. The largest absolute Gasteiger partial charge is 0.492 e. The third-order valence-corrected chi connectivity index (χ3v) is 5.13. The van der Waals surface area contributed by atoms with E-state index in [-0.39, 0.29) is 5.76 Å². The highest BCUT2D eigenvalue weighted by Gasteiger charge is 2.17. The summed E-state index contributed by atoms with van der Waals surface area (Å²) in [6.45, 7) is 6.47. The summed E-state index contributed by atoms with van der Waals surface area (Å²) in [4.78, 5) is 13.8. The van der Waals surface area contributed by atoms with Gasteiger partial charge in [0.25, 0.3) is 0 Å². The molecule has 1 heterocycles. The van der Waals surface area contributed by atoms with Crippen LogP contribution in [0.4, 0.5) is 5.69 Å². The molecule has 0 amide bonds. The van der Waals surface area contributed by atoms with Crippen molar-refractivity contribution in [1.29, 1.82) is 0 Å². The summed E-state index contributed by atoms with van der Waals surface area (Å²) in [7, 11) is 1.29. The second-order valence-corrected chi connectivity index (χ2v) is 7.22. The molecule has 0 radical (unpaired) electrons. The van der Waals surface area contributed by atoms with Crippen molar-refractivity contribution in [1.82, 2.24) is 0 Å². The molecule has 0 saturated heterocycles. The van der Waals surface area contributed by atoms with Gasteiger partial charge in [0.15, 0.2) is 0 Å². The Morgan fingerprint density at radius 1 is 1.00 bits per heavy atom. The lowest BCUT2D eigenvalue weighted by molar-refractivity contribution is -0.138. The van der Waals surface area contributed by atoms with Crippen LogP contribution in [0.1, 0.15) is 0 Å². The van der Waals surface area contributed by atoms with Gasteiger partial charge in [0, 0.05) is 0 Å². The fourth-order valence-corrected chi connectivity index (χ4v) is 3.51. The molecule has 0 spiro atoms. The van der Waals surface area contributed by atoms with Crippen LogP contribution in [0.3, 0.4) is 0 Å². The third kappa shape index (κ3) is 5.03. The molecule has 0 N–H and O–H groups in total. The van der Waals surface area contributed by atoms with E-state index in [0.29, 0.717) is 19.0 Å². The number of para-hydroxylation sites is 2. The first kappa shape index (κ1) is 21.3. The van der Waals surface area contributed by atoms with E-state index < -0.39 is 5.97 Å². The molecule has 0 bridgehead atoms. The second-order valence-electron chi connectivity index (χ2n) is 7.22. The molecule has 0 aliphatic carbocycles. The maximum atomic E-state index is 11.5. The van der Waals surface area contributed by atoms with E-state index in [9.17, 15) is 4.79 Å². The molecule has 1 aliphatic heterocycles. The Hall–Kier alpha value is -3.93. The topological polar surface area (TPSA) is 57.2 Å². The van der Waals surface area contributed by atoms with Crippen molar-refractivity contribution in [2.75, 3.05) is 38.3 Å². The highest BCUT2D eigenvalue weighted by molar-refractivity contribution is 5.86. The molecule has 3 aromatic carbocycles. The normalized spacial score (nSPS) is 12.3. The van der Waals surface area contributed by atoms with Crippen molar-refractivity contribution in [2.24, 2.45) is 0 Å². The number of ether oxygens (including phenoxy) is 4.